The molecule has 2 rings (SSSR count). The van der Waals surface area contributed by atoms with Crippen molar-refractivity contribution in [3.05, 3.63) is 28.8 Å². The summed E-state index contributed by atoms with van der Waals surface area (Å²) in [6.45, 7) is 0. The Morgan fingerprint density at radius 2 is 2.07 bits per heavy atom. The molecule has 0 radical (unpaired) electrons. The molecule has 74 valence electrons. The number of anilines is 1. The van der Waals surface area contributed by atoms with Crippen molar-refractivity contribution in [2.75, 3.05) is 11.9 Å². The van der Waals surface area contributed by atoms with Crippen molar-refractivity contribution in [2.45, 2.75) is 5.92 Å². The molecule has 0 aliphatic carbocycles. The van der Waals surface area contributed by atoms with Crippen LogP contribution in [0.1, 0.15) is 5.56 Å². The fourth-order valence-electron chi connectivity index (χ4n) is 1.49. The van der Waals surface area contributed by atoms with Crippen LogP contribution >= 0.6 is 11.6 Å². The molecule has 5 heteroatoms. The van der Waals surface area contributed by atoms with E-state index < -0.39 is 11.8 Å². The van der Waals surface area contributed by atoms with E-state index in [1.165, 1.54) is 19.2 Å². The van der Waals surface area contributed by atoms with Gasteiger partial charge in [-0.05, 0) is 18.2 Å². The molecule has 14 heavy (non-hydrogen) atoms. The van der Waals surface area contributed by atoms with Crippen LogP contribution in [-0.2, 0) is 10.7 Å². The van der Waals surface area contributed by atoms with Crippen LogP contribution in [-0.4, -0.2) is 13.0 Å². The summed E-state index contributed by atoms with van der Waals surface area (Å²) in [5.74, 6) is -4.66. The zero-order valence-corrected chi connectivity index (χ0v) is 7.98. The van der Waals surface area contributed by atoms with E-state index in [2.05, 4.69) is 0 Å². The first-order chi connectivity index (χ1) is 6.44. The highest BCUT2D eigenvalue weighted by atomic mass is 35.5. The van der Waals surface area contributed by atoms with Gasteiger partial charge in [-0.15, -0.1) is 0 Å². The van der Waals surface area contributed by atoms with Gasteiger partial charge in [-0.25, -0.2) is 0 Å². The topological polar surface area (TPSA) is 20.3 Å². The maximum absolute atomic E-state index is 13.3. The number of benzene rings is 1. The van der Waals surface area contributed by atoms with Crippen molar-refractivity contribution in [2.24, 2.45) is 0 Å². The first kappa shape index (κ1) is 9.40. The molecule has 0 atom stereocenters. The van der Waals surface area contributed by atoms with E-state index in [1.807, 2.05) is 0 Å². The van der Waals surface area contributed by atoms with E-state index in [9.17, 15) is 13.6 Å². The van der Waals surface area contributed by atoms with E-state index in [0.29, 0.717) is 0 Å². The molecule has 1 aliphatic rings. The van der Waals surface area contributed by atoms with E-state index in [0.717, 1.165) is 11.0 Å². The van der Waals surface area contributed by atoms with Crippen LogP contribution < -0.4 is 4.90 Å². The summed E-state index contributed by atoms with van der Waals surface area (Å²) in [6.07, 6.45) is 0. The van der Waals surface area contributed by atoms with Crippen molar-refractivity contribution in [3.63, 3.8) is 0 Å². The molecule has 1 amide bonds. The lowest BCUT2D eigenvalue weighted by molar-refractivity contribution is -0.141. The minimum Gasteiger partial charge on any atom is -0.309 e. The molecule has 1 aromatic rings. The first-order valence-electron chi connectivity index (χ1n) is 3.90. The average Bonchev–Trinajstić information content (AvgIpc) is 2.29. The van der Waals surface area contributed by atoms with E-state index >= 15 is 0 Å². The second kappa shape index (κ2) is 2.67. The Kier molecular flexibility index (Phi) is 1.79. The second-order valence-electron chi connectivity index (χ2n) is 3.10. The van der Waals surface area contributed by atoms with Crippen LogP contribution in [0.5, 0.6) is 0 Å². The maximum Gasteiger partial charge on any atom is 0.352 e. The summed E-state index contributed by atoms with van der Waals surface area (Å²) < 4.78 is 26.6. The van der Waals surface area contributed by atoms with Crippen molar-refractivity contribution in [3.8, 4) is 0 Å². The molecule has 0 saturated carbocycles. The molecule has 0 bridgehead atoms. The summed E-state index contributed by atoms with van der Waals surface area (Å²) in [7, 11) is 1.32. The Balaban J connectivity index is 2.69. The van der Waals surface area contributed by atoms with Gasteiger partial charge in [-0.3, -0.25) is 4.79 Å². The second-order valence-corrected chi connectivity index (χ2v) is 3.54. The summed E-state index contributed by atoms with van der Waals surface area (Å²) in [5, 5.41) is 0.200. The van der Waals surface area contributed by atoms with Crippen LogP contribution in [0.3, 0.4) is 0 Å². The van der Waals surface area contributed by atoms with Crippen molar-refractivity contribution < 1.29 is 13.6 Å². The van der Waals surface area contributed by atoms with Gasteiger partial charge in [0.2, 0.25) is 0 Å². The van der Waals surface area contributed by atoms with Crippen LogP contribution in [0, 0.1) is 0 Å². The van der Waals surface area contributed by atoms with E-state index in [4.69, 9.17) is 11.6 Å². The number of alkyl halides is 2. The molecular weight excluding hydrogens is 212 g/mol. The number of likely N-dealkylation sites (N-methyl/N-ethyl adjacent to an activating group) is 1. The lowest BCUT2D eigenvalue weighted by Crippen LogP contribution is -2.31. The fraction of sp³-hybridized carbons (Fsp3) is 0.222. The SMILES string of the molecule is CN1C(=O)C(F)(F)c2cc(Cl)ccc21. The van der Waals surface area contributed by atoms with Gasteiger partial charge in [0.15, 0.2) is 0 Å². The Labute approximate surface area is 84.1 Å². The third-order valence-electron chi connectivity index (χ3n) is 2.23. The maximum atomic E-state index is 13.3. The summed E-state index contributed by atoms with van der Waals surface area (Å²) in [5.41, 5.74) is -0.109. The quantitative estimate of drug-likeness (QED) is 0.654. The van der Waals surface area contributed by atoms with Gasteiger partial charge in [0.05, 0.1) is 11.3 Å². The molecule has 0 unspecified atom stereocenters. The predicted octanol–water partition coefficient (Wildman–Crippen LogP) is 2.41. The van der Waals surface area contributed by atoms with Crippen molar-refractivity contribution >= 4 is 23.2 Å². The molecule has 0 fully saturated rings. The van der Waals surface area contributed by atoms with Crippen molar-refractivity contribution in [1.29, 1.82) is 0 Å². The molecule has 1 heterocycles. The number of rotatable bonds is 0. The molecule has 1 aliphatic heterocycles. The number of fused-ring (bicyclic) bond motifs is 1. The molecule has 0 spiro atoms. The van der Waals surface area contributed by atoms with Gasteiger partial charge in [0.25, 0.3) is 0 Å². The summed E-state index contributed by atoms with van der Waals surface area (Å²) >= 11 is 5.58. The highest BCUT2D eigenvalue weighted by Gasteiger charge is 2.51. The normalized spacial score (nSPS) is 18.6. The third-order valence-corrected chi connectivity index (χ3v) is 2.47. The highest BCUT2D eigenvalue weighted by molar-refractivity contribution is 6.31. The van der Waals surface area contributed by atoms with Crippen LogP contribution in [0.25, 0.3) is 0 Å². The van der Waals surface area contributed by atoms with Gasteiger partial charge in [-0.1, -0.05) is 11.6 Å². The predicted molar refractivity (Wildman–Crippen MR) is 48.8 cm³/mol. The van der Waals surface area contributed by atoms with Gasteiger partial charge < -0.3 is 4.90 Å². The zero-order valence-electron chi connectivity index (χ0n) is 7.22. The van der Waals surface area contributed by atoms with Crippen LogP contribution in [0.2, 0.25) is 5.02 Å². The summed E-state index contributed by atoms with van der Waals surface area (Å²) in [4.78, 5) is 12.1. The van der Waals surface area contributed by atoms with Crippen molar-refractivity contribution in [1.82, 2.24) is 0 Å². The standard InChI is InChI=1S/C9H6ClF2NO/c1-13-7-3-2-5(10)4-6(7)9(11,12)8(13)14/h2-4H,1H3. The van der Waals surface area contributed by atoms with Gasteiger partial charge in [0.1, 0.15) is 0 Å². The van der Waals surface area contributed by atoms with Gasteiger partial charge in [-0.2, -0.15) is 8.78 Å². The van der Waals surface area contributed by atoms with Gasteiger partial charge in [0, 0.05) is 12.1 Å². The minimum atomic E-state index is -3.45. The first-order valence-corrected chi connectivity index (χ1v) is 4.28. The molecule has 2 nitrogen and oxygen atoms in total. The zero-order chi connectivity index (χ0) is 10.5. The largest absolute Gasteiger partial charge is 0.352 e. The Morgan fingerprint density at radius 1 is 1.43 bits per heavy atom. The highest BCUT2D eigenvalue weighted by Crippen LogP contribution is 2.44. The molecule has 1 aromatic carbocycles. The number of halogens is 3. The Morgan fingerprint density at radius 3 is 2.71 bits per heavy atom. The van der Waals surface area contributed by atoms with E-state index in [-0.39, 0.29) is 16.3 Å². The number of nitrogens with zero attached hydrogens (tertiary/aromatic N) is 1. The average molecular weight is 218 g/mol. The lowest BCUT2D eigenvalue weighted by Gasteiger charge is -2.08. The molecule has 0 saturated heterocycles. The molecule has 0 N–H and O–H groups in total. The monoisotopic (exact) mass is 217 g/mol. The number of carbonyl (C=O) groups excluding carboxylic acids is 1. The lowest BCUT2D eigenvalue weighted by atomic mass is 10.1. The Bertz CT molecular complexity index is 419. The Hall–Kier alpha value is -1.16. The number of hydrogen-bond donors (Lipinski definition) is 0. The van der Waals surface area contributed by atoms with Gasteiger partial charge >= 0.3 is 11.8 Å². The number of hydrogen-bond acceptors (Lipinski definition) is 1. The van der Waals surface area contributed by atoms with Crippen LogP contribution in [0.15, 0.2) is 18.2 Å². The fourth-order valence-corrected chi connectivity index (χ4v) is 1.66. The molecule has 0 aromatic heterocycles. The number of carbonyl (C=O) groups is 1. The number of amides is 1. The smallest absolute Gasteiger partial charge is 0.309 e. The minimum absolute atomic E-state index is 0.200. The third kappa shape index (κ3) is 1.04. The summed E-state index contributed by atoms with van der Waals surface area (Å²) in [6, 6.07) is 4.01. The van der Waals surface area contributed by atoms with Crippen LogP contribution in [0.4, 0.5) is 14.5 Å². The van der Waals surface area contributed by atoms with E-state index in [1.54, 1.807) is 0 Å². The molecular formula is C9H6ClF2NO.